The number of carbonyl (C=O) groups is 3. The molecule has 2 aliphatic heterocycles. The molecule has 3 amide bonds. The van der Waals surface area contributed by atoms with Crippen LogP contribution >= 0.6 is 11.3 Å². The third-order valence-electron chi connectivity index (χ3n) is 6.92. The summed E-state index contributed by atoms with van der Waals surface area (Å²) in [6.45, 7) is 0.179. The van der Waals surface area contributed by atoms with E-state index in [1.807, 2.05) is 0 Å². The van der Waals surface area contributed by atoms with Gasteiger partial charge in [0, 0.05) is 24.6 Å². The third-order valence-corrected chi connectivity index (χ3v) is 9.64. The lowest BCUT2D eigenvalue weighted by Crippen LogP contribution is -2.48. The van der Waals surface area contributed by atoms with Crippen molar-refractivity contribution in [2.45, 2.75) is 36.4 Å². The highest BCUT2D eigenvalue weighted by Crippen LogP contribution is 2.32. The van der Waals surface area contributed by atoms with Gasteiger partial charge in [0.15, 0.2) is 0 Å². The first-order valence-corrected chi connectivity index (χ1v) is 15.1. The highest BCUT2D eigenvalue weighted by molar-refractivity contribution is 7.90. The lowest BCUT2D eigenvalue weighted by Gasteiger charge is -2.32. The van der Waals surface area contributed by atoms with Gasteiger partial charge in [-0.05, 0) is 54.1 Å². The summed E-state index contributed by atoms with van der Waals surface area (Å²) >= 11 is 1.31. The fraction of sp³-hybridized carbons (Fsp3) is 0.321. The minimum absolute atomic E-state index is 0.00618. The zero-order valence-electron chi connectivity index (χ0n) is 21.8. The number of thiophene rings is 1. The van der Waals surface area contributed by atoms with Gasteiger partial charge < -0.3 is 19.7 Å². The minimum Gasteiger partial charge on any atom is -0.497 e. The minimum atomic E-state index is -4.22. The molecule has 0 spiro atoms. The van der Waals surface area contributed by atoms with Crippen LogP contribution in [0.2, 0.25) is 0 Å². The molecule has 2 aliphatic rings. The van der Waals surface area contributed by atoms with Gasteiger partial charge in [0.1, 0.15) is 23.2 Å². The Morgan fingerprint density at radius 1 is 1.15 bits per heavy atom. The van der Waals surface area contributed by atoms with Crippen molar-refractivity contribution in [3.8, 4) is 5.75 Å². The molecule has 0 unspecified atom stereocenters. The number of fused-ring (bicyclic) bond motifs is 1. The van der Waals surface area contributed by atoms with E-state index in [1.54, 1.807) is 55.0 Å². The van der Waals surface area contributed by atoms with Crippen LogP contribution in [0.15, 0.2) is 70.9 Å². The van der Waals surface area contributed by atoms with Gasteiger partial charge in [-0.2, -0.15) is 0 Å². The van der Waals surface area contributed by atoms with Crippen molar-refractivity contribution in [1.82, 2.24) is 14.5 Å². The maximum atomic E-state index is 14.0. The molecule has 1 N–H and O–H groups in total. The average molecular weight is 584 g/mol. The van der Waals surface area contributed by atoms with E-state index < -0.39 is 40.3 Å². The molecule has 10 nitrogen and oxygen atoms in total. The third kappa shape index (κ3) is 5.60. The average Bonchev–Trinajstić information content (AvgIpc) is 3.72. The number of rotatable bonds is 10. The molecular weight excluding hydrogens is 554 g/mol. The molecule has 5 rings (SSSR count). The Hall–Kier alpha value is -3.74. The van der Waals surface area contributed by atoms with Crippen LogP contribution in [0.4, 0.5) is 0 Å². The summed E-state index contributed by atoms with van der Waals surface area (Å²) in [6.07, 6.45) is 1.63. The SMILES string of the molecule is COc1ccc(CN(C(=O)CN2C(=O)c3ccccc3S2(=O)=O)[C@H](C(=O)NC[C@@H]2CCCO2)c2cccs2)cc1. The summed E-state index contributed by atoms with van der Waals surface area (Å²) in [4.78, 5) is 42.5. The van der Waals surface area contributed by atoms with Crippen molar-refractivity contribution in [2.24, 2.45) is 0 Å². The summed E-state index contributed by atoms with van der Waals surface area (Å²) in [5.74, 6) is -1.26. The van der Waals surface area contributed by atoms with E-state index in [1.165, 1.54) is 34.4 Å². The summed E-state index contributed by atoms with van der Waals surface area (Å²) in [6, 6.07) is 15.3. The number of hydrogen-bond donors (Lipinski definition) is 1. The quantitative estimate of drug-likeness (QED) is 0.389. The van der Waals surface area contributed by atoms with Gasteiger partial charge >= 0.3 is 0 Å². The molecule has 2 atom stereocenters. The number of amides is 3. The predicted octanol–water partition coefficient (Wildman–Crippen LogP) is 2.97. The molecular formula is C28H29N3O7S2. The molecule has 2 aromatic carbocycles. The molecule has 1 saturated heterocycles. The summed E-state index contributed by atoms with van der Waals surface area (Å²) < 4.78 is 37.8. The Bertz CT molecular complexity index is 1480. The number of benzene rings is 2. The molecule has 0 radical (unpaired) electrons. The Labute approximate surface area is 236 Å². The fourth-order valence-electron chi connectivity index (χ4n) is 4.84. The van der Waals surface area contributed by atoms with Gasteiger partial charge in [0.2, 0.25) is 11.8 Å². The van der Waals surface area contributed by atoms with Crippen molar-refractivity contribution < 1.29 is 32.3 Å². The number of nitrogens with zero attached hydrogens (tertiary/aromatic N) is 2. The molecule has 0 saturated carbocycles. The second-order valence-corrected chi connectivity index (χ2v) is 12.3. The summed E-state index contributed by atoms with van der Waals surface area (Å²) in [7, 11) is -2.68. The molecule has 3 aromatic rings. The number of methoxy groups -OCH3 is 1. The Morgan fingerprint density at radius 2 is 1.93 bits per heavy atom. The van der Waals surface area contributed by atoms with Crippen LogP contribution in [0.5, 0.6) is 5.75 Å². The maximum Gasteiger partial charge on any atom is 0.269 e. The second-order valence-electron chi connectivity index (χ2n) is 9.48. The monoisotopic (exact) mass is 583 g/mol. The van der Waals surface area contributed by atoms with Gasteiger partial charge in [-0.3, -0.25) is 14.4 Å². The first-order chi connectivity index (χ1) is 19.3. The topological polar surface area (TPSA) is 122 Å². The van der Waals surface area contributed by atoms with Crippen molar-refractivity contribution >= 4 is 39.1 Å². The van der Waals surface area contributed by atoms with Crippen molar-refractivity contribution in [2.75, 3.05) is 26.8 Å². The van der Waals surface area contributed by atoms with E-state index >= 15 is 0 Å². The van der Waals surface area contributed by atoms with Crippen LogP contribution in [0.3, 0.4) is 0 Å². The van der Waals surface area contributed by atoms with Gasteiger partial charge in [-0.15, -0.1) is 11.3 Å². The second kappa shape index (κ2) is 11.8. The van der Waals surface area contributed by atoms with E-state index in [0.29, 0.717) is 33.6 Å². The smallest absolute Gasteiger partial charge is 0.269 e. The lowest BCUT2D eigenvalue weighted by molar-refractivity contribution is -0.141. The van der Waals surface area contributed by atoms with Crippen LogP contribution in [0, 0.1) is 0 Å². The van der Waals surface area contributed by atoms with Gasteiger partial charge in [-0.25, -0.2) is 12.7 Å². The zero-order chi connectivity index (χ0) is 28.3. The van der Waals surface area contributed by atoms with E-state index in [4.69, 9.17) is 9.47 Å². The molecule has 0 aliphatic carbocycles. The molecule has 1 aromatic heterocycles. The van der Waals surface area contributed by atoms with E-state index in [9.17, 15) is 22.8 Å². The number of carbonyl (C=O) groups excluding carboxylic acids is 3. The maximum absolute atomic E-state index is 14.0. The first-order valence-electron chi connectivity index (χ1n) is 12.8. The Kier molecular flexibility index (Phi) is 8.19. The van der Waals surface area contributed by atoms with Gasteiger partial charge in [0.25, 0.3) is 15.9 Å². The van der Waals surface area contributed by atoms with E-state index in [0.717, 1.165) is 12.8 Å². The zero-order valence-corrected chi connectivity index (χ0v) is 23.4. The predicted molar refractivity (Wildman–Crippen MR) is 147 cm³/mol. The molecule has 210 valence electrons. The van der Waals surface area contributed by atoms with Crippen molar-refractivity contribution in [3.05, 3.63) is 82.0 Å². The normalized spacial score (nSPS) is 18.3. The van der Waals surface area contributed by atoms with Crippen molar-refractivity contribution in [1.29, 1.82) is 0 Å². The molecule has 12 heteroatoms. The number of sulfonamides is 1. The Balaban J connectivity index is 1.47. The lowest BCUT2D eigenvalue weighted by atomic mass is 10.1. The van der Waals surface area contributed by atoms with Crippen LogP contribution in [-0.4, -0.2) is 68.3 Å². The standard InChI is InChI=1S/C28H29N3O7S2/c1-37-20-12-10-19(11-13-20)17-30(25(32)18-31-28(34)22-7-2-3-9-24(22)40(31,35)36)26(23-8-5-15-39-23)27(33)29-16-21-6-4-14-38-21/h2-3,5,7-13,15,21,26H,4,6,14,16-18H2,1H3,(H,29,33)/t21-,26-/m0/s1. The molecule has 3 heterocycles. The largest absolute Gasteiger partial charge is 0.497 e. The van der Waals surface area contributed by atoms with E-state index in [2.05, 4.69) is 5.32 Å². The van der Waals surface area contributed by atoms with Gasteiger partial charge in [0.05, 0.1) is 18.8 Å². The van der Waals surface area contributed by atoms with Crippen LogP contribution in [0.1, 0.15) is 39.7 Å². The highest BCUT2D eigenvalue weighted by Gasteiger charge is 2.43. The number of nitrogens with one attached hydrogen (secondary N) is 1. The summed E-state index contributed by atoms with van der Waals surface area (Å²) in [5.41, 5.74) is 0.711. The molecule has 1 fully saturated rings. The number of hydrogen-bond acceptors (Lipinski definition) is 8. The van der Waals surface area contributed by atoms with E-state index in [-0.39, 0.29) is 23.1 Å². The van der Waals surface area contributed by atoms with Crippen LogP contribution < -0.4 is 10.1 Å². The molecule has 0 bridgehead atoms. The number of ether oxygens (including phenoxy) is 2. The van der Waals surface area contributed by atoms with Crippen LogP contribution in [0.25, 0.3) is 0 Å². The van der Waals surface area contributed by atoms with Gasteiger partial charge in [-0.1, -0.05) is 30.3 Å². The fourth-order valence-corrected chi connectivity index (χ4v) is 7.19. The van der Waals surface area contributed by atoms with Crippen LogP contribution in [-0.2, 0) is 30.9 Å². The Morgan fingerprint density at radius 3 is 2.58 bits per heavy atom. The van der Waals surface area contributed by atoms with Crippen molar-refractivity contribution in [3.63, 3.8) is 0 Å². The highest BCUT2D eigenvalue weighted by atomic mass is 32.2. The summed E-state index contributed by atoms with van der Waals surface area (Å²) in [5, 5.41) is 4.72. The molecule has 40 heavy (non-hydrogen) atoms. The first kappa shape index (κ1) is 27.8.